The number of nitrogens with zero attached hydrogens (tertiary/aromatic N) is 1. The van der Waals surface area contributed by atoms with Gasteiger partial charge in [0.2, 0.25) is 0 Å². The Bertz CT molecular complexity index is 303. The molecule has 112 valence electrons. The normalized spacial score (nSPS) is 9.89. The highest BCUT2D eigenvalue weighted by Gasteiger charge is 1.98. The lowest BCUT2D eigenvalue weighted by molar-refractivity contribution is 0.298. The predicted molar refractivity (Wildman–Crippen MR) is 92.7 cm³/mol. The van der Waals surface area contributed by atoms with Crippen molar-refractivity contribution in [2.24, 2.45) is 0 Å². The zero-order chi connectivity index (χ0) is 12.5. The van der Waals surface area contributed by atoms with E-state index < -0.39 is 0 Å². The van der Waals surface area contributed by atoms with Crippen LogP contribution in [-0.2, 0) is 6.54 Å². The van der Waals surface area contributed by atoms with Crippen LogP contribution >= 0.6 is 40.7 Å². The summed E-state index contributed by atoms with van der Waals surface area (Å²) in [6, 6.07) is 8.49. The lowest BCUT2D eigenvalue weighted by atomic mass is 10.2. The Morgan fingerprint density at radius 1 is 1.05 bits per heavy atom. The van der Waals surface area contributed by atoms with E-state index >= 15 is 0 Å². The van der Waals surface area contributed by atoms with E-state index in [0.29, 0.717) is 0 Å². The van der Waals surface area contributed by atoms with Crippen molar-refractivity contribution in [3.05, 3.63) is 34.3 Å². The summed E-state index contributed by atoms with van der Waals surface area (Å²) >= 11 is 3.44. The molecule has 19 heavy (non-hydrogen) atoms. The van der Waals surface area contributed by atoms with Crippen LogP contribution in [0.2, 0.25) is 0 Å². The van der Waals surface area contributed by atoms with Gasteiger partial charge in [-0.15, -0.1) is 24.8 Å². The second-order valence-corrected chi connectivity index (χ2v) is 5.10. The molecule has 1 aromatic rings. The maximum Gasteiger partial charge on any atom is 0.0205 e. The first-order valence-corrected chi connectivity index (χ1v) is 7.23. The van der Waals surface area contributed by atoms with Crippen LogP contribution in [-0.4, -0.2) is 31.1 Å². The van der Waals surface area contributed by atoms with Crippen molar-refractivity contribution in [3.63, 3.8) is 0 Å². The highest BCUT2D eigenvalue weighted by molar-refractivity contribution is 9.10. The summed E-state index contributed by atoms with van der Waals surface area (Å²) in [6.45, 7) is 10.0. The largest absolute Gasteiger partial charge is 0.313 e. The first kappa shape index (κ1) is 21.5. The van der Waals surface area contributed by atoms with Crippen molar-refractivity contribution in [2.45, 2.75) is 26.8 Å². The molecule has 0 amide bonds. The van der Waals surface area contributed by atoms with Gasteiger partial charge in [-0.25, -0.2) is 0 Å². The maximum atomic E-state index is 3.48. The van der Waals surface area contributed by atoms with Crippen LogP contribution in [0, 0.1) is 0 Å². The zero-order valence-corrected chi connectivity index (χ0v) is 14.9. The van der Waals surface area contributed by atoms with Gasteiger partial charge in [0, 0.05) is 11.0 Å². The quantitative estimate of drug-likeness (QED) is 0.691. The number of hydrogen-bond donors (Lipinski definition) is 1. The van der Waals surface area contributed by atoms with E-state index in [-0.39, 0.29) is 24.8 Å². The summed E-state index contributed by atoms with van der Waals surface area (Å²) in [5, 5.41) is 3.48. The maximum absolute atomic E-state index is 3.48. The van der Waals surface area contributed by atoms with E-state index in [1.54, 1.807) is 0 Å². The first-order chi connectivity index (χ1) is 8.26. The SMILES string of the molecule is CCN(CC)CCCNCc1ccc(Br)cc1.Cl.Cl. The zero-order valence-electron chi connectivity index (χ0n) is 11.7. The summed E-state index contributed by atoms with van der Waals surface area (Å²) in [4.78, 5) is 2.46. The Kier molecular flexibility index (Phi) is 14.9. The average molecular weight is 372 g/mol. The van der Waals surface area contributed by atoms with Crippen molar-refractivity contribution in [1.29, 1.82) is 0 Å². The third kappa shape index (κ3) is 9.69. The third-order valence-electron chi connectivity index (χ3n) is 2.96. The molecule has 0 bridgehead atoms. The smallest absolute Gasteiger partial charge is 0.0205 e. The summed E-state index contributed by atoms with van der Waals surface area (Å²) < 4.78 is 1.14. The van der Waals surface area contributed by atoms with E-state index in [2.05, 4.69) is 64.3 Å². The van der Waals surface area contributed by atoms with Crippen LogP contribution in [0.3, 0.4) is 0 Å². The van der Waals surface area contributed by atoms with Gasteiger partial charge in [0.15, 0.2) is 0 Å². The van der Waals surface area contributed by atoms with Crippen LogP contribution in [0.25, 0.3) is 0 Å². The highest BCUT2D eigenvalue weighted by atomic mass is 79.9. The molecule has 0 spiro atoms. The van der Waals surface area contributed by atoms with Gasteiger partial charge in [0.25, 0.3) is 0 Å². The summed E-state index contributed by atoms with van der Waals surface area (Å²) in [6.07, 6.45) is 1.22. The molecule has 1 rings (SSSR count). The minimum Gasteiger partial charge on any atom is -0.313 e. The third-order valence-corrected chi connectivity index (χ3v) is 3.49. The molecule has 0 radical (unpaired) electrons. The molecule has 0 heterocycles. The molecule has 0 saturated carbocycles. The van der Waals surface area contributed by atoms with Gasteiger partial charge in [0.05, 0.1) is 0 Å². The molecule has 0 saturated heterocycles. The molecule has 0 aliphatic rings. The second-order valence-electron chi connectivity index (χ2n) is 4.18. The summed E-state index contributed by atoms with van der Waals surface area (Å²) in [5.41, 5.74) is 1.34. The van der Waals surface area contributed by atoms with Gasteiger partial charge >= 0.3 is 0 Å². The Labute approximate surface area is 138 Å². The van der Waals surface area contributed by atoms with Crippen molar-refractivity contribution in [2.75, 3.05) is 26.2 Å². The number of halogens is 3. The van der Waals surface area contributed by atoms with Gasteiger partial charge < -0.3 is 10.2 Å². The van der Waals surface area contributed by atoms with Crippen LogP contribution in [0.15, 0.2) is 28.7 Å². The van der Waals surface area contributed by atoms with Crippen molar-refractivity contribution in [1.82, 2.24) is 10.2 Å². The van der Waals surface area contributed by atoms with E-state index in [0.717, 1.165) is 30.7 Å². The molecular weight excluding hydrogens is 347 g/mol. The highest BCUT2D eigenvalue weighted by Crippen LogP contribution is 2.10. The number of hydrogen-bond acceptors (Lipinski definition) is 2. The fourth-order valence-electron chi connectivity index (χ4n) is 1.80. The van der Waals surface area contributed by atoms with Gasteiger partial charge in [-0.05, 0) is 50.3 Å². The van der Waals surface area contributed by atoms with Gasteiger partial charge in [-0.1, -0.05) is 41.9 Å². The van der Waals surface area contributed by atoms with Gasteiger partial charge in [-0.3, -0.25) is 0 Å². The standard InChI is InChI=1S/C14H23BrN2.2ClH/c1-3-17(4-2)11-5-10-16-12-13-6-8-14(15)9-7-13;;/h6-9,16H,3-5,10-12H2,1-2H3;2*1H. The molecular formula is C14H25BrCl2N2. The molecule has 0 aliphatic heterocycles. The molecule has 0 fully saturated rings. The summed E-state index contributed by atoms with van der Waals surface area (Å²) in [7, 11) is 0. The molecule has 0 unspecified atom stereocenters. The van der Waals surface area contributed by atoms with Crippen LogP contribution in [0.4, 0.5) is 0 Å². The van der Waals surface area contributed by atoms with Crippen LogP contribution < -0.4 is 5.32 Å². The van der Waals surface area contributed by atoms with Crippen molar-refractivity contribution < 1.29 is 0 Å². The van der Waals surface area contributed by atoms with E-state index in [4.69, 9.17) is 0 Å². The Morgan fingerprint density at radius 2 is 1.63 bits per heavy atom. The monoisotopic (exact) mass is 370 g/mol. The lowest BCUT2D eigenvalue weighted by Gasteiger charge is -2.17. The van der Waals surface area contributed by atoms with E-state index in [1.807, 2.05) is 0 Å². The average Bonchev–Trinajstić information content (AvgIpc) is 2.36. The predicted octanol–water partition coefficient (Wildman–Crippen LogP) is 4.11. The lowest BCUT2D eigenvalue weighted by Crippen LogP contribution is -2.27. The van der Waals surface area contributed by atoms with E-state index in [9.17, 15) is 0 Å². The van der Waals surface area contributed by atoms with Crippen molar-refractivity contribution >= 4 is 40.7 Å². The fraction of sp³-hybridized carbons (Fsp3) is 0.571. The first-order valence-electron chi connectivity index (χ1n) is 6.43. The Morgan fingerprint density at radius 3 is 2.16 bits per heavy atom. The Hall–Kier alpha value is 0.200. The number of benzene rings is 1. The summed E-state index contributed by atoms with van der Waals surface area (Å²) in [5.74, 6) is 0. The molecule has 0 aliphatic carbocycles. The number of nitrogens with one attached hydrogen (secondary N) is 1. The van der Waals surface area contributed by atoms with Gasteiger partial charge in [-0.2, -0.15) is 0 Å². The minimum absolute atomic E-state index is 0. The van der Waals surface area contributed by atoms with Crippen LogP contribution in [0.5, 0.6) is 0 Å². The van der Waals surface area contributed by atoms with E-state index in [1.165, 1.54) is 18.5 Å². The molecule has 0 atom stereocenters. The molecule has 1 aromatic carbocycles. The molecule has 0 aromatic heterocycles. The van der Waals surface area contributed by atoms with Crippen LogP contribution in [0.1, 0.15) is 25.8 Å². The number of rotatable bonds is 8. The van der Waals surface area contributed by atoms with Crippen molar-refractivity contribution in [3.8, 4) is 0 Å². The Balaban J connectivity index is 0. The molecule has 2 nitrogen and oxygen atoms in total. The minimum atomic E-state index is 0. The molecule has 1 N–H and O–H groups in total. The molecule has 5 heteroatoms. The fourth-order valence-corrected chi connectivity index (χ4v) is 2.07. The van der Waals surface area contributed by atoms with Gasteiger partial charge in [0.1, 0.15) is 0 Å². The topological polar surface area (TPSA) is 15.3 Å². The second kappa shape index (κ2) is 13.2.